The lowest BCUT2D eigenvalue weighted by atomic mass is 10.2. The summed E-state index contributed by atoms with van der Waals surface area (Å²) in [5.74, 6) is 0. The largest absolute Gasteiger partial charge is 0.395 e. The summed E-state index contributed by atoms with van der Waals surface area (Å²) >= 11 is 1.30. The first-order chi connectivity index (χ1) is 7.31. The number of nitriles is 1. The maximum atomic E-state index is 8.78. The Morgan fingerprint density at radius 1 is 1.40 bits per heavy atom. The molecule has 0 fully saturated rings. The second kappa shape index (κ2) is 4.02. The number of nitrogens with one attached hydrogen (secondary N) is 1. The minimum Gasteiger partial charge on any atom is -0.395 e. The Morgan fingerprint density at radius 2 is 2.27 bits per heavy atom. The van der Waals surface area contributed by atoms with Crippen molar-refractivity contribution < 1.29 is 0 Å². The van der Waals surface area contributed by atoms with Crippen molar-refractivity contribution in [1.29, 1.82) is 5.26 Å². The van der Waals surface area contributed by atoms with Crippen molar-refractivity contribution in [3.05, 3.63) is 30.2 Å². The van der Waals surface area contributed by atoms with Crippen molar-refractivity contribution >= 4 is 17.4 Å². The van der Waals surface area contributed by atoms with E-state index in [0.29, 0.717) is 21.4 Å². The summed E-state index contributed by atoms with van der Waals surface area (Å²) in [5.41, 5.74) is 6.58. The second-order valence-electron chi connectivity index (χ2n) is 2.69. The van der Waals surface area contributed by atoms with E-state index in [4.69, 9.17) is 11.0 Å². The van der Waals surface area contributed by atoms with Crippen LogP contribution in [0.2, 0.25) is 0 Å². The molecule has 2 aromatic rings. The molecule has 0 aromatic carbocycles. The van der Waals surface area contributed by atoms with E-state index >= 15 is 0 Å². The fraction of sp³-hybridized carbons (Fsp3) is 0. The Hall–Kier alpha value is -2.00. The number of anilines is 1. The van der Waals surface area contributed by atoms with E-state index in [-0.39, 0.29) is 0 Å². The van der Waals surface area contributed by atoms with Gasteiger partial charge in [0.25, 0.3) is 0 Å². The van der Waals surface area contributed by atoms with Gasteiger partial charge in [-0.3, -0.25) is 0 Å². The smallest absolute Gasteiger partial charge is 0.171 e. The van der Waals surface area contributed by atoms with Crippen molar-refractivity contribution in [2.24, 2.45) is 0 Å². The fourth-order valence-corrected chi connectivity index (χ4v) is 1.79. The highest BCUT2D eigenvalue weighted by Gasteiger charge is 2.08. The molecule has 0 aliphatic rings. The Morgan fingerprint density at radius 3 is 2.93 bits per heavy atom. The van der Waals surface area contributed by atoms with Crippen LogP contribution in [0.15, 0.2) is 34.8 Å². The van der Waals surface area contributed by atoms with Gasteiger partial charge in [-0.05, 0) is 17.8 Å². The lowest BCUT2D eigenvalue weighted by Crippen LogP contribution is -1.95. The molecular weight excluding hydrogens is 210 g/mol. The van der Waals surface area contributed by atoms with Crippen LogP contribution < -0.4 is 5.73 Å². The number of nitrogens with two attached hydrogens (primary N) is 1. The van der Waals surface area contributed by atoms with Crippen molar-refractivity contribution in [1.82, 2.24) is 15.0 Å². The summed E-state index contributed by atoms with van der Waals surface area (Å²) in [6.45, 7) is 0. The van der Waals surface area contributed by atoms with Crippen LogP contribution in [0.25, 0.3) is 0 Å². The molecule has 0 bridgehead atoms. The average Bonchev–Trinajstić information content (AvgIpc) is 2.74. The molecular formula is C9H7N5S. The van der Waals surface area contributed by atoms with Crippen molar-refractivity contribution in [3.8, 4) is 6.07 Å². The number of hydrogen-bond donors (Lipinski definition) is 2. The van der Waals surface area contributed by atoms with E-state index < -0.39 is 0 Å². The maximum absolute atomic E-state index is 8.78. The van der Waals surface area contributed by atoms with Crippen LogP contribution in [0.1, 0.15) is 5.56 Å². The highest BCUT2D eigenvalue weighted by molar-refractivity contribution is 7.99. The summed E-state index contributed by atoms with van der Waals surface area (Å²) in [6.07, 6.45) is 4.92. The molecule has 0 amide bonds. The van der Waals surface area contributed by atoms with Gasteiger partial charge in [-0.15, -0.1) is 0 Å². The van der Waals surface area contributed by atoms with Gasteiger partial charge in [-0.2, -0.15) is 5.26 Å². The number of rotatable bonds is 2. The van der Waals surface area contributed by atoms with Gasteiger partial charge in [0.15, 0.2) is 5.16 Å². The number of pyridine rings is 1. The number of nitrogens with zero attached hydrogens (tertiary/aromatic N) is 3. The Balaban J connectivity index is 2.34. The molecule has 0 spiro atoms. The summed E-state index contributed by atoms with van der Waals surface area (Å²) < 4.78 is 0. The Labute approximate surface area is 90.4 Å². The van der Waals surface area contributed by atoms with E-state index in [0.717, 1.165) is 0 Å². The van der Waals surface area contributed by atoms with Gasteiger partial charge in [-0.25, -0.2) is 9.97 Å². The zero-order valence-electron chi connectivity index (χ0n) is 7.64. The topological polar surface area (TPSA) is 91.4 Å². The highest BCUT2D eigenvalue weighted by Crippen LogP contribution is 2.28. The Bertz CT molecular complexity index is 500. The van der Waals surface area contributed by atoms with Crippen molar-refractivity contribution in [2.75, 3.05) is 5.73 Å². The third kappa shape index (κ3) is 1.92. The quantitative estimate of drug-likeness (QED) is 0.793. The lowest BCUT2D eigenvalue weighted by molar-refractivity contribution is 1.04. The van der Waals surface area contributed by atoms with E-state index in [1.807, 2.05) is 6.07 Å². The van der Waals surface area contributed by atoms with Crippen LogP contribution in [0, 0.1) is 11.3 Å². The first-order valence-electron chi connectivity index (χ1n) is 4.13. The van der Waals surface area contributed by atoms with E-state index in [1.54, 1.807) is 24.7 Å². The number of nitrogen functional groups attached to an aromatic ring is 1. The molecule has 0 aliphatic heterocycles. The van der Waals surface area contributed by atoms with E-state index in [9.17, 15) is 0 Å². The predicted molar refractivity (Wildman–Crippen MR) is 56.1 cm³/mol. The monoisotopic (exact) mass is 217 g/mol. The lowest BCUT2D eigenvalue weighted by Gasteiger charge is -2.02. The summed E-state index contributed by atoms with van der Waals surface area (Å²) in [4.78, 5) is 11.0. The zero-order chi connectivity index (χ0) is 10.7. The minimum absolute atomic E-state index is 0.390. The SMILES string of the molecule is N#Cc1ccnc(Sc2ncc[nH]2)c1N. The molecule has 74 valence electrons. The molecule has 6 heteroatoms. The average molecular weight is 217 g/mol. The molecule has 3 N–H and O–H groups in total. The standard InChI is InChI=1S/C9H7N5S/c10-5-6-1-2-12-8(7(6)11)15-9-13-3-4-14-9/h1-4H,11H2,(H,13,14). The van der Waals surface area contributed by atoms with Gasteiger partial charge in [0, 0.05) is 18.6 Å². The van der Waals surface area contributed by atoms with Gasteiger partial charge in [0.05, 0.1) is 11.3 Å². The summed E-state index contributed by atoms with van der Waals surface area (Å²) in [6, 6.07) is 3.59. The number of imidazole rings is 1. The third-order valence-corrected chi connectivity index (χ3v) is 2.68. The first-order valence-corrected chi connectivity index (χ1v) is 4.94. The molecule has 2 aromatic heterocycles. The van der Waals surface area contributed by atoms with Crippen LogP contribution in [0.4, 0.5) is 5.69 Å². The van der Waals surface area contributed by atoms with Crippen LogP contribution in [-0.2, 0) is 0 Å². The molecule has 2 heterocycles. The van der Waals surface area contributed by atoms with Crippen LogP contribution in [0.3, 0.4) is 0 Å². The predicted octanol–water partition coefficient (Wildman–Crippen LogP) is 1.41. The van der Waals surface area contributed by atoms with Gasteiger partial charge >= 0.3 is 0 Å². The summed E-state index contributed by atoms with van der Waals surface area (Å²) in [7, 11) is 0. The number of hydrogen-bond acceptors (Lipinski definition) is 5. The molecule has 2 rings (SSSR count). The van der Waals surface area contributed by atoms with Gasteiger partial charge < -0.3 is 10.7 Å². The molecule has 0 saturated heterocycles. The number of aromatic nitrogens is 3. The highest BCUT2D eigenvalue weighted by atomic mass is 32.2. The third-order valence-electron chi connectivity index (χ3n) is 1.74. The number of H-pyrrole nitrogens is 1. The molecule has 5 nitrogen and oxygen atoms in total. The molecule has 0 radical (unpaired) electrons. The fourth-order valence-electron chi connectivity index (χ4n) is 1.03. The van der Waals surface area contributed by atoms with E-state index in [2.05, 4.69) is 15.0 Å². The summed E-state index contributed by atoms with van der Waals surface area (Å²) in [5, 5.41) is 10.1. The van der Waals surface area contributed by atoms with E-state index in [1.165, 1.54) is 11.8 Å². The molecule has 15 heavy (non-hydrogen) atoms. The van der Waals surface area contributed by atoms with Crippen molar-refractivity contribution in [2.45, 2.75) is 10.2 Å². The zero-order valence-corrected chi connectivity index (χ0v) is 8.45. The van der Waals surface area contributed by atoms with Gasteiger partial charge in [0.2, 0.25) is 0 Å². The maximum Gasteiger partial charge on any atom is 0.171 e. The van der Waals surface area contributed by atoms with Crippen LogP contribution >= 0.6 is 11.8 Å². The first kappa shape index (κ1) is 9.55. The second-order valence-corrected chi connectivity index (χ2v) is 3.66. The number of aromatic amines is 1. The van der Waals surface area contributed by atoms with Crippen LogP contribution in [0.5, 0.6) is 0 Å². The van der Waals surface area contributed by atoms with Gasteiger partial charge in [0.1, 0.15) is 11.1 Å². The van der Waals surface area contributed by atoms with Crippen LogP contribution in [-0.4, -0.2) is 15.0 Å². The molecule has 0 unspecified atom stereocenters. The Kier molecular flexibility index (Phi) is 2.56. The minimum atomic E-state index is 0.390. The molecule has 0 saturated carbocycles. The molecule has 0 atom stereocenters. The van der Waals surface area contributed by atoms with Crippen molar-refractivity contribution in [3.63, 3.8) is 0 Å². The van der Waals surface area contributed by atoms with Gasteiger partial charge in [-0.1, -0.05) is 0 Å². The normalized spacial score (nSPS) is 9.80. The molecule has 0 aliphatic carbocycles.